The maximum absolute atomic E-state index is 14.1. The molecule has 0 radical (unpaired) electrons. The third-order valence-corrected chi connectivity index (χ3v) is 4.32. The lowest BCUT2D eigenvalue weighted by atomic mass is 9.99. The Labute approximate surface area is 176 Å². The molecule has 6 nitrogen and oxygen atoms in total. The van der Waals surface area contributed by atoms with Crippen molar-refractivity contribution in [2.75, 3.05) is 14.2 Å². The summed E-state index contributed by atoms with van der Waals surface area (Å²) in [6.07, 6.45) is -4.76. The molecule has 10 heteroatoms. The minimum Gasteiger partial charge on any atom is -0.464 e. The van der Waals surface area contributed by atoms with E-state index in [1.54, 1.807) is 25.1 Å². The van der Waals surface area contributed by atoms with Gasteiger partial charge in [-0.05, 0) is 31.5 Å². The van der Waals surface area contributed by atoms with Gasteiger partial charge < -0.3 is 14.4 Å². The molecule has 0 unspecified atom stereocenters. The summed E-state index contributed by atoms with van der Waals surface area (Å²) in [6, 6.07) is 7.63. The average molecular weight is 440 g/mol. The van der Waals surface area contributed by atoms with Crippen molar-refractivity contribution >= 4 is 17.4 Å². The van der Waals surface area contributed by atoms with E-state index in [0.717, 1.165) is 18.2 Å². The molecule has 2 aromatic carbocycles. The van der Waals surface area contributed by atoms with E-state index in [-0.39, 0.29) is 18.0 Å². The van der Waals surface area contributed by atoms with Crippen molar-refractivity contribution in [1.82, 2.24) is 0 Å². The monoisotopic (exact) mass is 440 g/mol. The summed E-state index contributed by atoms with van der Waals surface area (Å²) in [6.45, 7) is 2.71. The van der Waals surface area contributed by atoms with Crippen molar-refractivity contribution in [3.63, 3.8) is 0 Å². The van der Waals surface area contributed by atoms with Gasteiger partial charge in [0.25, 0.3) is 0 Å². The normalized spacial score (nSPS) is 12.5. The lowest BCUT2D eigenvalue weighted by Gasteiger charge is -2.14. The zero-order chi connectivity index (χ0) is 23.2. The van der Waals surface area contributed by atoms with E-state index >= 15 is 0 Å². The van der Waals surface area contributed by atoms with Crippen LogP contribution in [0.25, 0.3) is 0 Å². The average Bonchev–Trinajstić information content (AvgIpc) is 2.71. The van der Waals surface area contributed by atoms with E-state index in [1.165, 1.54) is 21.1 Å². The van der Waals surface area contributed by atoms with E-state index in [0.29, 0.717) is 16.7 Å². The second kappa shape index (κ2) is 10.1. The van der Waals surface area contributed by atoms with Crippen LogP contribution in [0.15, 0.2) is 46.7 Å². The summed E-state index contributed by atoms with van der Waals surface area (Å²) in [5.41, 5.74) is -0.765. The topological polar surface area (TPSA) is 69.5 Å². The summed E-state index contributed by atoms with van der Waals surface area (Å²) >= 11 is 0. The van der Waals surface area contributed by atoms with Crippen LogP contribution in [0.1, 0.15) is 34.7 Å². The molecule has 0 aliphatic carbocycles. The highest BCUT2D eigenvalue weighted by Crippen LogP contribution is 2.33. The van der Waals surface area contributed by atoms with Crippen molar-refractivity contribution in [3.8, 4) is 0 Å². The molecule has 0 atom stereocenters. The van der Waals surface area contributed by atoms with Gasteiger partial charge in [-0.1, -0.05) is 34.6 Å². The number of hydrogen-bond donors (Lipinski definition) is 0. The van der Waals surface area contributed by atoms with Gasteiger partial charge in [-0.3, -0.25) is 0 Å². The van der Waals surface area contributed by atoms with Crippen molar-refractivity contribution < 1.29 is 36.8 Å². The zero-order valence-electron chi connectivity index (χ0n) is 17.2. The number of rotatable bonds is 7. The molecule has 0 fully saturated rings. The van der Waals surface area contributed by atoms with E-state index in [9.17, 15) is 22.4 Å². The number of benzene rings is 2. The van der Waals surface area contributed by atoms with Crippen LogP contribution in [0.5, 0.6) is 0 Å². The molecular formula is C21H20F4N2O4. The fraction of sp³-hybridized carbons (Fsp3) is 0.286. The first-order valence-corrected chi connectivity index (χ1v) is 8.92. The summed E-state index contributed by atoms with van der Waals surface area (Å²) in [5, 5.41) is 7.35. The van der Waals surface area contributed by atoms with Gasteiger partial charge in [0, 0.05) is 16.7 Å². The number of esters is 1. The molecule has 0 saturated heterocycles. The standard InChI is InChI=1S/C21H20F4N2O4/c1-12-7-5-8-14(19(27-30-4)20(28)29-3)15(12)11-31-26-13(2)18-16(21(23,24)25)9-6-10-17(18)22/h5-10H,11H2,1-4H3/b26-13+,27-19+. The number of carbonyl (C=O) groups excluding carboxylic acids is 1. The molecule has 0 saturated carbocycles. The molecule has 0 aromatic heterocycles. The highest BCUT2D eigenvalue weighted by atomic mass is 19.4. The van der Waals surface area contributed by atoms with Gasteiger partial charge in [0.05, 0.1) is 18.4 Å². The molecular weight excluding hydrogens is 420 g/mol. The number of oxime groups is 2. The van der Waals surface area contributed by atoms with Gasteiger partial charge in [-0.25, -0.2) is 9.18 Å². The Morgan fingerprint density at radius 2 is 1.74 bits per heavy atom. The molecule has 2 aromatic rings. The minimum atomic E-state index is -4.76. The first-order valence-electron chi connectivity index (χ1n) is 8.92. The fourth-order valence-electron chi connectivity index (χ4n) is 2.87. The lowest BCUT2D eigenvalue weighted by Crippen LogP contribution is -2.20. The second-order valence-electron chi connectivity index (χ2n) is 6.33. The highest BCUT2D eigenvalue weighted by Gasteiger charge is 2.35. The first-order chi connectivity index (χ1) is 14.6. The van der Waals surface area contributed by atoms with Crippen LogP contribution in [-0.2, 0) is 32.0 Å². The number of methoxy groups -OCH3 is 1. The minimum absolute atomic E-state index is 0.124. The molecule has 0 aliphatic rings. The lowest BCUT2D eigenvalue weighted by molar-refractivity contribution is -0.138. The van der Waals surface area contributed by atoms with E-state index in [4.69, 9.17) is 14.4 Å². The number of nitrogens with zero attached hydrogens (tertiary/aromatic N) is 2. The molecule has 0 spiro atoms. The van der Waals surface area contributed by atoms with Crippen molar-refractivity contribution in [2.24, 2.45) is 10.3 Å². The molecule has 31 heavy (non-hydrogen) atoms. The van der Waals surface area contributed by atoms with Crippen LogP contribution in [0.4, 0.5) is 17.6 Å². The Kier molecular flexibility index (Phi) is 7.73. The van der Waals surface area contributed by atoms with Gasteiger partial charge in [0.1, 0.15) is 19.5 Å². The Balaban J connectivity index is 2.38. The largest absolute Gasteiger partial charge is 0.464 e. The quantitative estimate of drug-likeness (QED) is 0.273. The summed E-state index contributed by atoms with van der Waals surface area (Å²) in [5.74, 6) is -1.83. The number of aryl methyl sites for hydroxylation is 1. The smallest absolute Gasteiger partial charge is 0.417 e. The SMILES string of the molecule is CO/N=C(/C(=O)OC)c1cccc(C)c1CO/N=C(\C)c1c(F)cccc1C(F)(F)F. The Morgan fingerprint density at radius 1 is 1.06 bits per heavy atom. The molecule has 0 amide bonds. The molecule has 0 N–H and O–H groups in total. The van der Waals surface area contributed by atoms with Crippen LogP contribution in [-0.4, -0.2) is 31.6 Å². The maximum Gasteiger partial charge on any atom is 0.417 e. The van der Waals surface area contributed by atoms with Gasteiger partial charge in [0.2, 0.25) is 0 Å². The van der Waals surface area contributed by atoms with Gasteiger partial charge in [0.15, 0.2) is 5.71 Å². The summed E-state index contributed by atoms with van der Waals surface area (Å²) < 4.78 is 58.5. The van der Waals surface area contributed by atoms with Gasteiger partial charge >= 0.3 is 12.1 Å². The maximum atomic E-state index is 14.1. The number of ether oxygens (including phenoxy) is 1. The van der Waals surface area contributed by atoms with Crippen LogP contribution in [0.2, 0.25) is 0 Å². The van der Waals surface area contributed by atoms with Gasteiger partial charge in [-0.2, -0.15) is 13.2 Å². The van der Waals surface area contributed by atoms with Crippen LogP contribution >= 0.6 is 0 Å². The van der Waals surface area contributed by atoms with E-state index in [2.05, 4.69) is 10.3 Å². The Morgan fingerprint density at radius 3 is 2.35 bits per heavy atom. The van der Waals surface area contributed by atoms with E-state index in [1.807, 2.05) is 0 Å². The first kappa shape index (κ1) is 23.8. The van der Waals surface area contributed by atoms with Crippen molar-refractivity contribution in [3.05, 3.63) is 70.0 Å². The molecule has 2 rings (SSSR count). The molecule has 0 heterocycles. The van der Waals surface area contributed by atoms with Crippen molar-refractivity contribution in [1.29, 1.82) is 0 Å². The number of alkyl halides is 3. The third kappa shape index (κ3) is 5.59. The predicted molar refractivity (Wildman–Crippen MR) is 105 cm³/mol. The number of carbonyl (C=O) groups is 1. The number of halogens is 4. The summed E-state index contributed by atoms with van der Waals surface area (Å²) in [7, 11) is 2.44. The van der Waals surface area contributed by atoms with E-state index < -0.39 is 29.1 Å². The molecule has 166 valence electrons. The van der Waals surface area contributed by atoms with Crippen molar-refractivity contribution in [2.45, 2.75) is 26.6 Å². The van der Waals surface area contributed by atoms with Crippen LogP contribution in [0.3, 0.4) is 0 Å². The molecule has 0 bridgehead atoms. The fourth-order valence-corrected chi connectivity index (χ4v) is 2.87. The molecule has 0 aliphatic heterocycles. The summed E-state index contributed by atoms with van der Waals surface area (Å²) in [4.78, 5) is 22.0. The second-order valence-corrected chi connectivity index (χ2v) is 6.33. The third-order valence-electron chi connectivity index (χ3n) is 4.32. The Bertz CT molecular complexity index is 1020. The van der Waals surface area contributed by atoms with Crippen LogP contribution < -0.4 is 0 Å². The zero-order valence-corrected chi connectivity index (χ0v) is 17.2. The number of hydrogen-bond acceptors (Lipinski definition) is 6. The highest BCUT2D eigenvalue weighted by molar-refractivity contribution is 6.43. The Hall–Kier alpha value is -3.43. The van der Waals surface area contributed by atoms with Gasteiger partial charge in [-0.15, -0.1) is 0 Å². The van der Waals surface area contributed by atoms with Crippen LogP contribution in [0, 0.1) is 12.7 Å². The predicted octanol–water partition coefficient (Wildman–Crippen LogP) is 4.62.